The molecule has 1 aromatic rings. The number of piperazine rings is 1. The van der Waals surface area contributed by atoms with Crippen LogP contribution in [0.15, 0.2) is 22.7 Å². The second kappa shape index (κ2) is 6.59. The molecule has 20 heavy (non-hydrogen) atoms. The number of nitrogens with one attached hydrogen (secondary N) is 2. The highest BCUT2D eigenvalue weighted by Crippen LogP contribution is 2.30. The lowest BCUT2D eigenvalue weighted by Gasteiger charge is -2.36. The van der Waals surface area contributed by atoms with Crippen molar-refractivity contribution in [3.63, 3.8) is 0 Å². The Labute approximate surface area is 129 Å². The zero-order valence-electron chi connectivity index (χ0n) is 12.2. The van der Waals surface area contributed by atoms with Crippen LogP contribution in [0.25, 0.3) is 0 Å². The second-order valence-electron chi connectivity index (χ2n) is 5.12. The van der Waals surface area contributed by atoms with Gasteiger partial charge in [-0.25, -0.2) is 0 Å². The van der Waals surface area contributed by atoms with Crippen molar-refractivity contribution in [3.8, 4) is 0 Å². The molecule has 2 N–H and O–H groups in total. The molecule has 1 aromatic carbocycles. The highest BCUT2D eigenvalue weighted by atomic mass is 79.9. The first-order valence-electron chi connectivity index (χ1n) is 7.09. The first-order chi connectivity index (χ1) is 9.58. The van der Waals surface area contributed by atoms with Gasteiger partial charge >= 0.3 is 0 Å². The van der Waals surface area contributed by atoms with Crippen LogP contribution in [0.4, 0.5) is 5.69 Å². The lowest BCUT2D eigenvalue weighted by molar-refractivity contribution is -0.123. The van der Waals surface area contributed by atoms with E-state index in [1.807, 2.05) is 7.05 Å². The van der Waals surface area contributed by atoms with Crippen molar-refractivity contribution in [2.45, 2.75) is 32.4 Å². The minimum absolute atomic E-state index is 0.0665. The van der Waals surface area contributed by atoms with Crippen molar-refractivity contribution in [2.24, 2.45) is 0 Å². The molecule has 5 heteroatoms. The van der Waals surface area contributed by atoms with E-state index in [-0.39, 0.29) is 11.9 Å². The number of amides is 1. The molecule has 1 amide bonds. The van der Waals surface area contributed by atoms with Crippen LogP contribution in [0.1, 0.15) is 31.9 Å². The van der Waals surface area contributed by atoms with Crippen molar-refractivity contribution in [1.29, 1.82) is 0 Å². The van der Waals surface area contributed by atoms with Gasteiger partial charge in [0.25, 0.3) is 0 Å². The molecular weight excluding hydrogens is 318 g/mol. The number of halogens is 1. The van der Waals surface area contributed by atoms with E-state index in [0.717, 1.165) is 23.1 Å². The maximum absolute atomic E-state index is 11.9. The van der Waals surface area contributed by atoms with Crippen molar-refractivity contribution >= 4 is 27.5 Å². The molecule has 0 spiro atoms. The predicted molar refractivity (Wildman–Crippen MR) is 86.1 cm³/mol. The summed E-state index contributed by atoms with van der Waals surface area (Å²) in [5, 5.41) is 6.17. The van der Waals surface area contributed by atoms with E-state index in [2.05, 4.69) is 63.5 Å². The standard InChI is InChI=1S/C15H22BrN3O/c1-4-14-15(20)18-7-8-19(14)11-5-6-12(10(2)17-3)13(16)9-11/h5-6,9-10,14,17H,4,7-8H2,1-3H3,(H,18,20). The Morgan fingerprint density at radius 2 is 2.30 bits per heavy atom. The van der Waals surface area contributed by atoms with Gasteiger partial charge in [-0.2, -0.15) is 0 Å². The van der Waals surface area contributed by atoms with Crippen LogP contribution >= 0.6 is 15.9 Å². The van der Waals surface area contributed by atoms with Crippen molar-refractivity contribution in [3.05, 3.63) is 28.2 Å². The Kier molecular flexibility index (Phi) is 5.05. The third kappa shape index (κ3) is 2.99. The summed E-state index contributed by atoms with van der Waals surface area (Å²) in [4.78, 5) is 14.1. The summed E-state index contributed by atoms with van der Waals surface area (Å²) in [6.45, 7) is 5.75. The number of carbonyl (C=O) groups excluding carboxylic acids is 1. The summed E-state index contributed by atoms with van der Waals surface area (Å²) in [7, 11) is 1.95. The van der Waals surface area contributed by atoms with Crippen molar-refractivity contribution < 1.29 is 4.79 Å². The van der Waals surface area contributed by atoms with Crippen LogP contribution in [-0.2, 0) is 4.79 Å². The number of benzene rings is 1. The van der Waals surface area contributed by atoms with Crippen LogP contribution < -0.4 is 15.5 Å². The summed E-state index contributed by atoms with van der Waals surface area (Å²) in [6, 6.07) is 6.58. The maximum atomic E-state index is 11.9. The highest BCUT2D eigenvalue weighted by Gasteiger charge is 2.28. The summed E-state index contributed by atoms with van der Waals surface area (Å²) < 4.78 is 1.08. The fourth-order valence-electron chi connectivity index (χ4n) is 2.63. The minimum Gasteiger partial charge on any atom is -0.358 e. The fraction of sp³-hybridized carbons (Fsp3) is 0.533. The predicted octanol–water partition coefficient (Wildman–Crippen LogP) is 2.44. The number of nitrogens with zero attached hydrogens (tertiary/aromatic N) is 1. The van der Waals surface area contributed by atoms with Crippen molar-refractivity contribution in [2.75, 3.05) is 25.0 Å². The highest BCUT2D eigenvalue weighted by molar-refractivity contribution is 9.10. The Bertz CT molecular complexity index is 492. The summed E-state index contributed by atoms with van der Waals surface area (Å²) >= 11 is 3.64. The first kappa shape index (κ1) is 15.3. The van der Waals surface area contributed by atoms with Crippen LogP contribution in [0.3, 0.4) is 0 Å². The molecule has 4 nitrogen and oxygen atoms in total. The molecule has 0 aromatic heterocycles. The van der Waals surface area contributed by atoms with Gasteiger partial charge in [0.2, 0.25) is 5.91 Å². The smallest absolute Gasteiger partial charge is 0.242 e. The van der Waals surface area contributed by atoms with Gasteiger partial charge in [0.15, 0.2) is 0 Å². The van der Waals surface area contributed by atoms with Crippen LogP contribution in [0.2, 0.25) is 0 Å². The molecule has 1 aliphatic rings. The average molecular weight is 340 g/mol. The van der Waals surface area contributed by atoms with E-state index < -0.39 is 0 Å². The molecule has 0 radical (unpaired) electrons. The topological polar surface area (TPSA) is 44.4 Å². The van der Waals surface area contributed by atoms with Gasteiger partial charge in [0.1, 0.15) is 6.04 Å². The molecule has 2 atom stereocenters. The molecular formula is C15H22BrN3O. The molecule has 0 aliphatic carbocycles. The van der Waals surface area contributed by atoms with Gasteiger partial charge in [-0.1, -0.05) is 28.9 Å². The number of anilines is 1. The number of hydrogen-bond donors (Lipinski definition) is 2. The third-order valence-corrected chi connectivity index (χ3v) is 4.62. The molecule has 0 bridgehead atoms. The van der Waals surface area contributed by atoms with Crippen LogP contribution in [0, 0.1) is 0 Å². The largest absolute Gasteiger partial charge is 0.358 e. The van der Waals surface area contributed by atoms with E-state index in [1.165, 1.54) is 5.56 Å². The molecule has 1 heterocycles. The number of carbonyl (C=O) groups is 1. The minimum atomic E-state index is -0.0665. The Balaban J connectivity index is 2.28. The number of hydrogen-bond acceptors (Lipinski definition) is 3. The molecule has 0 saturated carbocycles. The normalized spacial score (nSPS) is 20.7. The van der Waals surface area contributed by atoms with Gasteiger partial charge in [0, 0.05) is 29.3 Å². The average Bonchev–Trinajstić information content (AvgIpc) is 2.46. The van der Waals surface area contributed by atoms with Crippen molar-refractivity contribution in [1.82, 2.24) is 10.6 Å². The lowest BCUT2D eigenvalue weighted by Crippen LogP contribution is -2.55. The Hall–Kier alpha value is -1.07. The van der Waals surface area contributed by atoms with Gasteiger partial charge in [-0.3, -0.25) is 4.79 Å². The van der Waals surface area contributed by atoms with E-state index in [1.54, 1.807) is 0 Å². The molecule has 1 saturated heterocycles. The molecule has 110 valence electrons. The second-order valence-corrected chi connectivity index (χ2v) is 5.98. The van der Waals surface area contributed by atoms with E-state index in [4.69, 9.17) is 0 Å². The zero-order valence-corrected chi connectivity index (χ0v) is 13.8. The van der Waals surface area contributed by atoms with Gasteiger partial charge in [-0.05, 0) is 38.1 Å². The SMILES string of the molecule is CCC1C(=O)NCCN1c1ccc(C(C)NC)c(Br)c1. The van der Waals surface area contributed by atoms with Gasteiger partial charge in [-0.15, -0.1) is 0 Å². The maximum Gasteiger partial charge on any atom is 0.242 e. The number of rotatable bonds is 4. The fourth-order valence-corrected chi connectivity index (χ4v) is 3.34. The summed E-state index contributed by atoms with van der Waals surface area (Å²) in [5.74, 6) is 0.127. The molecule has 1 fully saturated rings. The van der Waals surface area contributed by atoms with E-state index >= 15 is 0 Å². The first-order valence-corrected chi connectivity index (χ1v) is 7.88. The van der Waals surface area contributed by atoms with Gasteiger partial charge in [0.05, 0.1) is 0 Å². The summed E-state index contributed by atoms with van der Waals surface area (Å²) in [5.41, 5.74) is 2.33. The van der Waals surface area contributed by atoms with Crippen LogP contribution in [0.5, 0.6) is 0 Å². The third-order valence-electron chi connectivity index (χ3n) is 3.93. The zero-order chi connectivity index (χ0) is 14.7. The molecule has 2 unspecified atom stereocenters. The molecule has 1 aliphatic heterocycles. The summed E-state index contributed by atoms with van der Waals surface area (Å²) in [6.07, 6.45) is 0.818. The van der Waals surface area contributed by atoms with E-state index in [0.29, 0.717) is 12.6 Å². The quantitative estimate of drug-likeness (QED) is 0.885. The van der Waals surface area contributed by atoms with Crippen LogP contribution in [-0.4, -0.2) is 32.1 Å². The monoisotopic (exact) mass is 339 g/mol. The Morgan fingerprint density at radius 3 is 2.90 bits per heavy atom. The lowest BCUT2D eigenvalue weighted by atomic mass is 10.1. The van der Waals surface area contributed by atoms with Gasteiger partial charge < -0.3 is 15.5 Å². The molecule has 2 rings (SSSR count). The van der Waals surface area contributed by atoms with E-state index in [9.17, 15) is 4.79 Å². The Morgan fingerprint density at radius 1 is 1.55 bits per heavy atom.